The van der Waals surface area contributed by atoms with Crippen LogP contribution in [0.3, 0.4) is 0 Å². The largest absolute Gasteiger partial charge is 0.313 e. The van der Waals surface area contributed by atoms with Crippen LogP contribution in [-0.4, -0.2) is 22.5 Å². The zero-order valence-corrected chi connectivity index (χ0v) is 8.70. The van der Waals surface area contributed by atoms with Crippen LogP contribution in [-0.2, 0) is 9.59 Å². The smallest absolute Gasteiger partial charge is 0.251 e. The van der Waals surface area contributed by atoms with Crippen LogP contribution in [0.25, 0.3) is 0 Å². The molecule has 0 bridgehead atoms. The lowest BCUT2D eigenvalue weighted by atomic mass is 10.3. The van der Waals surface area contributed by atoms with E-state index in [0.29, 0.717) is 0 Å². The monoisotopic (exact) mass is 207 g/mol. The SMILES string of the molecule is Cc1ccc(C)n1NC1CC(=O)NC1=O. The van der Waals surface area contributed by atoms with Gasteiger partial charge in [0, 0.05) is 11.4 Å². The van der Waals surface area contributed by atoms with E-state index in [-0.39, 0.29) is 18.2 Å². The first-order chi connectivity index (χ1) is 7.08. The van der Waals surface area contributed by atoms with Crippen molar-refractivity contribution in [1.29, 1.82) is 0 Å². The predicted molar refractivity (Wildman–Crippen MR) is 54.8 cm³/mol. The first-order valence-corrected chi connectivity index (χ1v) is 4.83. The summed E-state index contributed by atoms with van der Waals surface area (Å²) in [6.45, 7) is 3.88. The minimum Gasteiger partial charge on any atom is -0.313 e. The average molecular weight is 207 g/mol. The topological polar surface area (TPSA) is 63.1 Å². The van der Waals surface area contributed by atoms with Gasteiger partial charge in [0.15, 0.2) is 0 Å². The number of aromatic nitrogens is 1. The van der Waals surface area contributed by atoms with Crippen molar-refractivity contribution >= 4 is 11.8 Å². The van der Waals surface area contributed by atoms with E-state index in [1.807, 2.05) is 30.7 Å². The summed E-state index contributed by atoms with van der Waals surface area (Å²) in [6, 6.07) is 3.45. The molecule has 1 atom stereocenters. The van der Waals surface area contributed by atoms with Crippen LogP contribution < -0.4 is 10.7 Å². The lowest BCUT2D eigenvalue weighted by molar-refractivity contribution is -0.125. The Morgan fingerprint density at radius 1 is 1.33 bits per heavy atom. The van der Waals surface area contributed by atoms with E-state index in [4.69, 9.17) is 0 Å². The number of nitrogens with one attached hydrogen (secondary N) is 2. The van der Waals surface area contributed by atoms with Gasteiger partial charge in [0.2, 0.25) is 5.91 Å². The lowest BCUT2D eigenvalue weighted by Crippen LogP contribution is -2.35. The van der Waals surface area contributed by atoms with E-state index < -0.39 is 6.04 Å². The molecule has 1 aliphatic heterocycles. The molecule has 1 aromatic rings. The van der Waals surface area contributed by atoms with E-state index in [9.17, 15) is 9.59 Å². The van der Waals surface area contributed by atoms with Crippen LogP contribution >= 0.6 is 0 Å². The molecule has 0 aliphatic carbocycles. The minimum absolute atomic E-state index is 0.204. The Labute approximate surface area is 87.4 Å². The Kier molecular flexibility index (Phi) is 2.22. The van der Waals surface area contributed by atoms with Crippen LogP contribution in [0, 0.1) is 13.8 Å². The van der Waals surface area contributed by atoms with Crippen molar-refractivity contribution in [1.82, 2.24) is 9.99 Å². The third-order valence-electron chi connectivity index (χ3n) is 2.52. The molecule has 1 aliphatic rings. The molecule has 2 N–H and O–H groups in total. The van der Waals surface area contributed by atoms with E-state index in [1.54, 1.807) is 0 Å². The fourth-order valence-corrected chi connectivity index (χ4v) is 1.69. The normalized spacial score (nSPS) is 20.5. The molecule has 15 heavy (non-hydrogen) atoms. The van der Waals surface area contributed by atoms with Crippen molar-refractivity contribution in [3.8, 4) is 0 Å². The molecule has 1 saturated heterocycles. The highest BCUT2D eigenvalue weighted by Gasteiger charge is 2.30. The molecule has 0 aromatic carbocycles. The molecular formula is C10H13N3O2. The Morgan fingerprint density at radius 2 is 1.93 bits per heavy atom. The van der Waals surface area contributed by atoms with Crippen LogP contribution in [0.2, 0.25) is 0 Å². The third kappa shape index (κ3) is 1.72. The van der Waals surface area contributed by atoms with Crippen LogP contribution in [0.15, 0.2) is 12.1 Å². The fourth-order valence-electron chi connectivity index (χ4n) is 1.69. The molecule has 1 fully saturated rings. The molecular weight excluding hydrogens is 194 g/mol. The van der Waals surface area contributed by atoms with Crippen molar-refractivity contribution in [2.75, 3.05) is 5.43 Å². The van der Waals surface area contributed by atoms with Gasteiger partial charge >= 0.3 is 0 Å². The second kappa shape index (κ2) is 3.42. The maximum atomic E-state index is 11.3. The Hall–Kier alpha value is -1.78. The summed E-state index contributed by atoms with van der Waals surface area (Å²) in [5, 5.41) is 2.26. The number of rotatable bonds is 2. The maximum Gasteiger partial charge on any atom is 0.251 e. The lowest BCUT2D eigenvalue weighted by Gasteiger charge is -2.15. The van der Waals surface area contributed by atoms with E-state index in [2.05, 4.69) is 10.7 Å². The third-order valence-corrected chi connectivity index (χ3v) is 2.52. The molecule has 5 nitrogen and oxygen atoms in total. The summed E-state index contributed by atoms with van der Waals surface area (Å²) in [4.78, 5) is 22.3. The summed E-state index contributed by atoms with van der Waals surface area (Å²) in [5.74, 6) is -0.479. The highest BCUT2D eigenvalue weighted by molar-refractivity contribution is 6.06. The van der Waals surface area contributed by atoms with Gasteiger partial charge in [0.1, 0.15) is 6.04 Å². The first-order valence-electron chi connectivity index (χ1n) is 4.83. The molecule has 0 saturated carbocycles. The molecule has 0 spiro atoms. The van der Waals surface area contributed by atoms with Crippen molar-refractivity contribution in [2.24, 2.45) is 0 Å². The Morgan fingerprint density at radius 3 is 2.40 bits per heavy atom. The number of nitrogens with zero attached hydrogens (tertiary/aromatic N) is 1. The van der Waals surface area contributed by atoms with Crippen LogP contribution in [0.1, 0.15) is 17.8 Å². The Bertz CT molecular complexity index is 403. The standard InChI is InChI=1S/C10H13N3O2/c1-6-3-4-7(2)13(6)12-8-5-9(14)11-10(8)15/h3-4,8,12H,5H2,1-2H3,(H,11,14,15). The van der Waals surface area contributed by atoms with E-state index in [0.717, 1.165) is 11.4 Å². The minimum atomic E-state index is -0.456. The number of carbonyl (C=O) groups is 2. The number of aryl methyl sites for hydroxylation is 2. The van der Waals surface area contributed by atoms with Crippen molar-refractivity contribution < 1.29 is 9.59 Å². The predicted octanol–water partition coefficient (Wildman–Crippen LogP) is 0.0635. The average Bonchev–Trinajstić information content (AvgIpc) is 2.63. The summed E-state index contributed by atoms with van der Waals surface area (Å²) in [6.07, 6.45) is 0.204. The van der Waals surface area contributed by atoms with Gasteiger partial charge in [-0.15, -0.1) is 0 Å². The van der Waals surface area contributed by atoms with Gasteiger partial charge in [-0.3, -0.25) is 19.6 Å². The van der Waals surface area contributed by atoms with Gasteiger partial charge in [0.05, 0.1) is 6.42 Å². The molecule has 2 heterocycles. The van der Waals surface area contributed by atoms with Crippen molar-refractivity contribution in [2.45, 2.75) is 26.3 Å². The molecule has 2 rings (SSSR count). The first kappa shape index (κ1) is 9.76. The van der Waals surface area contributed by atoms with Crippen LogP contribution in [0.5, 0.6) is 0 Å². The van der Waals surface area contributed by atoms with Crippen LogP contribution in [0.4, 0.5) is 0 Å². The molecule has 1 unspecified atom stereocenters. The van der Waals surface area contributed by atoms with Crippen molar-refractivity contribution in [3.05, 3.63) is 23.5 Å². The maximum absolute atomic E-state index is 11.3. The zero-order chi connectivity index (χ0) is 11.0. The van der Waals surface area contributed by atoms with Gasteiger partial charge in [-0.25, -0.2) is 0 Å². The Balaban J connectivity index is 2.16. The van der Waals surface area contributed by atoms with Crippen molar-refractivity contribution in [3.63, 3.8) is 0 Å². The van der Waals surface area contributed by atoms with Gasteiger partial charge < -0.3 is 5.43 Å². The molecule has 0 radical (unpaired) electrons. The highest BCUT2D eigenvalue weighted by Crippen LogP contribution is 2.08. The second-order valence-corrected chi connectivity index (χ2v) is 3.75. The zero-order valence-electron chi connectivity index (χ0n) is 8.70. The molecule has 80 valence electrons. The number of hydrogen-bond acceptors (Lipinski definition) is 3. The summed E-state index contributed by atoms with van der Waals surface area (Å²) in [5.41, 5.74) is 5.05. The second-order valence-electron chi connectivity index (χ2n) is 3.75. The number of amides is 2. The number of hydrogen-bond donors (Lipinski definition) is 2. The van der Waals surface area contributed by atoms with E-state index in [1.165, 1.54) is 0 Å². The van der Waals surface area contributed by atoms with Gasteiger partial charge in [-0.05, 0) is 26.0 Å². The molecule has 5 heteroatoms. The van der Waals surface area contributed by atoms with Gasteiger partial charge in [-0.2, -0.15) is 0 Å². The number of carbonyl (C=O) groups excluding carboxylic acids is 2. The quantitative estimate of drug-likeness (QED) is 0.674. The van der Waals surface area contributed by atoms with Gasteiger partial charge in [0.25, 0.3) is 5.91 Å². The summed E-state index contributed by atoms with van der Waals surface area (Å²) < 4.78 is 1.82. The highest BCUT2D eigenvalue weighted by atomic mass is 16.2. The summed E-state index contributed by atoms with van der Waals surface area (Å²) >= 11 is 0. The van der Waals surface area contributed by atoms with Gasteiger partial charge in [-0.1, -0.05) is 0 Å². The molecule has 2 amide bonds. The number of imide groups is 1. The molecule has 1 aromatic heterocycles. The fraction of sp³-hybridized carbons (Fsp3) is 0.400. The van der Waals surface area contributed by atoms with E-state index >= 15 is 0 Å². The summed E-state index contributed by atoms with van der Waals surface area (Å²) in [7, 11) is 0.